The molecule has 0 aromatic heterocycles. The number of likely N-dealkylation sites (tertiary alicyclic amines) is 1. The molecular formula is C16H34N2. The zero-order valence-corrected chi connectivity index (χ0v) is 13.1. The van der Waals surface area contributed by atoms with Crippen molar-refractivity contribution in [2.75, 3.05) is 26.7 Å². The molecule has 0 aromatic rings. The van der Waals surface area contributed by atoms with Gasteiger partial charge in [0.05, 0.1) is 0 Å². The SMILES string of the molecule is CCCC(C)(CNC)CN1CCCCCC1CC. The third-order valence-electron chi connectivity index (χ3n) is 4.51. The zero-order chi connectivity index (χ0) is 13.4. The fourth-order valence-corrected chi connectivity index (χ4v) is 3.65. The predicted molar refractivity (Wildman–Crippen MR) is 81.1 cm³/mol. The first-order chi connectivity index (χ1) is 8.65. The number of nitrogens with one attached hydrogen (secondary N) is 1. The van der Waals surface area contributed by atoms with Gasteiger partial charge in [0.25, 0.3) is 0 Å². The molecule has 0 bridgehead atoms. The van der Waals surface area contributed by atoms with E-state index in [1.807, 2.05) is 0 Å². The van der Waals surface area contributed by atoms with Crippen LogP contribution in [0.5, 0.6) is 0 Å². The van der Waals surface area contributed by atoms with E-state index in [1.165, 1.54) is 58.0 Å². The average Bonchev–Trinajstić information content (AvgIpc) is 2.54. The summed E-state index contributed by atoms with van der Waals surface area (Å²) < 4.78 is 0. The van der Waals surface area contributed by atoms with Crippen LogP contribution in [0.25, 0.3) is 0 Å². The van der Waals surface area contributed by atoms with E-state index in [0.717, 1.165) is 12.6 Å². The van der Waals surface area contributed by atoms with E-state index in [9.17, 15) is 0 Å². The lowest BCUT2D eigenvalue weighted by Crippen LogP contribution is -2.45. The zero-order valence-electron chi connectivity index (χ0n) is 13.1. The fourth-order valence-electron chi connectivity index (χ4n) is 3.65. The molecule has 1 saturated heterocycles. The third-order valence-corrected chi connectivity index (χ3v) is 4.51. The van der Waals surface area contributed by atoms with Crippen molar-refractivity contribution in [3.63, 3.8) is 0 Å². The number of nitrogens with zero attached hydrogens (tertiary/aromatic N) is 1. The molecule has 0 amide bonds. The van der Waals surface area contributed by atoms with Gasteiger partial charge >= 0.3 is 0 Å². The molecule has 0 aliphatic carbocycles. The Balaban J connectivity index is 2.63. The molecule has 108 valence electrons. The van der Waals surface area contributed by atoms with Crippen LogP contribution in [0, 0.1) is 5.41 Å². The molecule has 2 heteroatoms. The molecule has 1 N–H and O–H groups in total. The lowest BCUT2D eigenvalue weighted by atomic mass is 9.84. The van der Waals surface area contributed by atoms with Crippen LogP contribution in [0.2, 0.25) is 0 Å². The molecule has 1 rings (SSSR count). The lowest BCUT2D eigenvalue weighted by molar-refractivity contribution is 0.110. The minimum absolute atomic E-state index is 0.446. The Hall–Kier alpha value is -0.0800. The van der Waals surface area contributed by atoms with Gasteiger partial charge in [0.15, 0.2) is 0 Å². The molecule has 2 unspecified atom stereocenters. The van der Waals surface area contributed by atoms with Crippen molar-refractivity contribution in [1.82, 2.24) is 10.2 Å². The van der Waals surface area contributed by atoms with Crippen LogP contribution in [0.4, 0.5) is 0 Å². The quantitative estimate of drug-likeness (QED) is 0.746. The van der Waals surface area contributed by atoms with Gasteiger partial charge < -0.3 is 5.32 Å². The van der Waals surface area contributed by atoms with E-state index in [2.05, 4.69) is 38.0 Å². The van der Waals surface area contributed by atoms with Gasteiger partial charge in [-0.1, -0.05) is 40.0 Å². The Labute approximate surface area is 115 Å². The Morgan fingerprint density at radius 2 is 2.00 bits per heavy atom. The summed E-state index contributed by atoms with van der Waals surface area (Å²) in [5.41, 5.74) is 0.446. The fraction of sp³-hybridized carbons (Fsp3) is 1.00. The first kappa shape index (κ1) is 16.0. The largest absolute Gasteiger partial charge is 0.319 e. The summed E-state index contributed by atoms with van der Waals surface area (Å²) in [6.07, 6.45) is 9.64. The maximum absolute atomic E-state index is 3.40. The third kappa shape index (κ3) is 4.89. The summed E-state index contributed by atoms with van der Waals surface area (Å²) in [5.74, 6) is 0. The van der Waals surface area contributed by atoms with E-state index >= 15 is 0 Å². The predicted octanol–water partition coefficient (Wildman–Crippen LogP) is 3.67. The molecule has 0 saturated carbocycles. The molecule has 18 heavy (non-hydrogen) atoms. The first-order valence-corrected chi connectivity index (χ1v) is 8.04. The summed E-state index contributed by atoms with van der Waals surface area (Å²) in [7, 11) is 2.09. The minimum atomic E-state index is 0.446. The van der Waals surface area contributed by atoms with Crippen LogP contribution >= 0.6 is 0 Å². The van der Waals surface area contributed by atoms with Gasteiger partial charge in [-0.15, -0.1) is 0 Å². The van der Waals surface area contributed by atoms with Gasteiger partial charge in [-0.05, 0) is 44.7 Å². The van der Waals surface area contributed by atoms with Gasteiger partial charge in [0.2, 0.25) is 0 Å². The second-order valence-electron chi connectivity index (χ2n) is 6.47. The number of hydrogen-bond donors (Lipinski definition) is 1. The highest BCUT2D eigenvalue weighted by Gasteiger charge is 2.29. The van der Waals surface area contributed by atoms with E-state index in [4.69, 9.17) is 0 Å². The van der Waals surface area contributed by atoms with Crippen LogP contribution in [-0.2, 0) is 0 Å². The van der Waals surface area contributed by atoms with E-state index < -0.39 is 0 Å². The van der Waals surface area contributed by atoms with Crippen molar-refractivity contribution in [3.05, 3.63) is 0 Å². The second kappa shape index (κ2) is 8.16. The van der Waals surface area contributed by atoms with Crippen LogP contribution in [-0.4, -0.2) is 37.6 Å². The molecule has 2 atom stereocenters. The van der Waals surface area contributed by atoms with E-state index in [1.54, 1.807) is 0 Å². The molecule has 1 aliphatic heterocycles. The highest BCUT2D eigenvalue weighted by Crippen LogP contribution is 2.28. The van der Waals surface area contributed by atoms with Gasteiger partial charge in [0.1, 0.15) is 0 Å². The molecule has 1 heterocycles. The molecule has 2 nitrogen and oxygen atoms in total. The Morgan fingerprint density at radius 1 is 1.22 bits per heavy atom. The number of hydrogen-bond acceptors (Lipinski definition) is 2. The summed E-state index contributed by atoms with van der Waals surface area (Å²) in [6.45, 7) is 10.9. The van der Waals surface area contributed by atoms with Crippen LogP contribution in [0.15, 0.2) is 0 Å². The lowest BCUT2D eigenvalue weighted by Gasteiger charge is -2.39. The van der Waals surface area contributed by atoms with Crippen molar-refractivity contribution in [2.24, 2.45) is 5.41 Å². The van der Waals surface area contributed by atoms with Crippen LogP contribution in [0.3, 0.4) is 0 Å². The maximum Gasteiger partial charge on any atom is 0.00928 e. The molecule has 0 aromatic carbocycles. The minimum Gasteiger partial charge on any atom is -0.319 e. The van der Waals surface area contributed by atoms with E-state index in [0.29, 0.717) is 5.41 Å². The summed E-state index contributed by atoms with van der Waals surface area (Å²) in [5, 5.41) is 3.40. The topological polar surface area (TPSA) is 15.3 Å². The highest BCUT2D eigenvalue weighted by molar-refractivity contribution is 4.84. The summed E-state index contributed by atoms with van der Waals surface area (Å²) in [4.78, 5) is 2.79. The van der Waals surface area contributed by atoms with Crippen molar-refractivity contribution < 1.29 is 0 Å². The smallest absolute Gasteiger partial charge is 0.00928 e. The van der Waals surface area contributed by atoms with Crippen LogP contribution < -0.4 is 5.32 Å². The summed E-state index contributed by atoms with van der Waals surface area (Å²) in [6, 6.07) is 0.834. The Bertz CT molecular complexity index is 209. The standard InChI is InChI=1S/C16H34N2/c1-5-11-16(3,13-17-4)14-18-12-9-7-8-10-15(18)6-2/h15,17H,5-14H2,1-4H3. The first-order valence-electron chi connectivity index (χ1n) is 8.04. The average molecular weight is 254 g/mol. The van der Waals surface area contributed by atoms with Crippen molar-refractivity contribution in [2.45, 2.75) is 71.8 Å². The van der Waals surface area contributed by atoms with Gasteiger partial charge in [0, 0.05) is 19.1 Å². The maximum atomic E-state index is 3.40. The monoisotopic (exact) mass is 254 g/mol. The number of rotatable bonds is 7. The summed E-state index contributed by atoms with van der Waals surface area (Å²) >= 11 is 0. The normalized spacial score (nSPS) is 25.7. The Kier molecular flexibility index (Phi) is 7.25. The van der Waals surface area contributed by atoms with E-state index in [-0.39, 0.29) is 0 Å². The molecule has 1 fully saturated rings. The van der Waals surface area contributed by atoms with Gasteiger partial charge in [-0.2, -0.15) is 0 Å². The van der Waals surface area contributed by atoms with Crippen molar-refractivity contribution in [1.29, 1.82) is 0 Å². The molecule has 0 radical (unpaired) electrons. The van der Waals surface area contributed by atoms with Crippen LogP contribution in [0.1, 0.15) is 65.7 Å². The van der Waals surface area contributed by atoms with Crippen molar-refractivity contribution in [3.8, 4) is 0 Å². The highest BCUT2D eigenvalue weighted by atomic mass is 15.2. The molecule has 1 aliphatic rings. The van der Waals surface area contributed by atoms with Crippen molar-refractivity contribution >= 4 is 0 Å². The van der Waals surface area contributed by atoms with Gasteiger partial charge in [-0.3, -0.25) is 4.90 Å². The molecular weight excluding hydrogens is 220 g/mol. The Morgan fingerprint density at radius 3 is 2.61 bits per heavy atom. The van der Waals surface area contributed by atoms with Gasteiger partial charge in [-0.25, -0.2) is 0 Å². The molecule has 0 spiro atoms. The second-order valence-corrected chi connectivity index (χ2v) is 6.47.